The normalized spacial score (nSPS) is 28.0. The van der Waals surface area contributed by atoms with Gasteiger partial charge in [-0.2, -0.15) is 13.2 Å². The number of nitrogens with two attached hydrogens (primary N) is 1. The molecule has 1 saturated carbocycles. The number of alkyl halides is 3. The molecule has 0 bridgehead atoms. The molecule has 0 saturated heterocycles. The van der Waals surface area contributed by atoms with Gasteiger partial charge in [0.15, 0.2) is 12.1 Å². The molecule has 3 N–H and O–H groups in total. The Bertz CT molecular complexity index is 1310. The van der Waals surface area contributed by atoms with E-state index in [2.05, 4.69) is 15.3 Å². The highest BCUT2D eigenvalue weighted by atomic mass is 19.4. The number of hydrogen-bond donors (Lipinski definition) is 2. The van der Waals surface area contributed by atoms with E-state index in [1.165, 1.54) is 11.0 Å². The van der Waals surface area contributed by atoms with Crippen molar-refractivity contribution in [2.75, 3.05) is 0 Å². The Labute approximate surface area is 224 Å². The second-order valence-corrected chi connectivity index (χ2v) is 11.8. The molecule has 2 aromatic rings. The third kappa shape index (κ3) is 4.94. The summed E-state index contributed by atoms with van der Waals surface area (Å²) in [5, 5.41) is 2.87. The van der Waals surface area contributed by atoms with Crippen molar-refractivity contribution in [1.29, 1.82) is 0 Å². The Kier molecular flexibility index (Phi) is 6.38. The Morgan fingerprint density at radius 2 is 1.90 bits per heavy atom. The zero-order chi connectivity index (χ0) is 28.3. The van der Waals surface area contributed by atoms with Gasteiger partial charge in [-0.25, -0.2) is 4.99 Å². The largest absolute Gasteiger partial charge is 0.480 e. The molecule has 208 valence electrons. The molecule has 0 radical (unpaired) electrons. The van der Waals surface area contributed by atoms with E-state index in [1.54, 1.807) is 36.7 Å². The first kappa shape index (κ1) is 27.0. The van der Waals surface area contributed by atoms with Crippen LogP contribution in [0, 0.1) is 17.3 Å². The van der Waals surface area contributed by atoms with Gasteiger partial charge in [-0.3, -0.25) is 19.5 Å². The van der Waals surface area contributed by atoms with E-state index in [0.29, 0.717) is 11.1 Å². The molecule has 2 amide bonds. The summed E-state index contributed by atoms with van der Waals surface area (Å²) in [5.41, 5.74) is 6.28. The molecule has 1 aliphatic carbocycles. The molecule has 1 aromatic heterocycles. The molecule has 2 aliphatic heterocycles. The topological polar surface area (TPSA) is 110 Å². The minimum atomic E-state index is -4.58. The number of pyridine rings is 1. The average Bonchev–Trinajstić information content (AvgIpc) is 3.41. The van der Waals surface area contributed by atoms with Crippen molar-refractivity contribution in [2.45, 2.75) is 70.4 Å². The van der Waals surface area contributed by atoms with Crippen LogP contribution < -0.4 is 15.8 Å². The van der Waals surface area contributed by atoms with Gasteiger partial charge in [0.1, 0.15) is 5.75 Å². The molecule has 8 nitrogen and oxygen atoms in total. The summed E-state index contributed by atoms with van der Waals surface area (Å²) in [4.78, 5) is 37.3. The SMILES string of the molecule is CC1(C)CC(=O)N([C@H](c2cccnc2)C2[C@H](C(=O)N[C@H]3CC(C(F)(F)F)Oc4ccccc43)C2(C)C)C(N)=N1. The monoisotopic (exact) mass is 543 g/mol. The van der Waals surface area contributed by atoms with Gasteiger partial charge >= 0.3 is 6.18 Å². The van der Waals surface area contributed by atoms with Crippen LogP contribution in [0.1, 0.15) is 63.7 Å². The van der Waals surface area contributed by atoms with Crippen molar-refractivity contribution < 1.29 is 27.5 Å². The molecule has 3 heterocycles. The molecule has 2 unspecified atom stereocenters. The molecule has 1 aromatic carbocycles. The molecule has 3 aliphatic rings. The number of aromatic nitrogens is 1. The van der Waals surface area contributed by atoms with Crippen LogP contribution in [0.4, 0.5) is 13.2 Å². The van der Waals surface area contributed by atoms with Crippen LogP contribution in [-0.4, -0.2) is 45.5 Å². The number of ether oxygens (including phenoxy) is 1. The van der Waals surface area contributed by atoms with Crippen molar-refractivity contribution in [1.82, 2.24) is 15.2 Å². The van der Waals surface area contributed by atoms with E-state index in [1.807, 2.05) is 33.8 Å². The molecule has 1 fully saturated rings. The number of para-hydroxylation sites is 1. The first-order valence-electron chi connectivity index (χ1n) is 12.9. The summed E-state index contributed by atoms with van der Waals surface area (Å²) in [6.07, 6.45) is -3.66. The lowest BCUT2D eigenvalue weighted by Gasteiger charge is -2.38. The standard InChI is InChI=1S/C28H32F3N5O3/c1-26(2)13-20(37)36(25(32)35-26)23(15-8-7-11-33-14-15)21-22(27(21,3)4)24(38)34-17-12-19(28(29,30)31)39-18-10-6-5-9-16(17)18/h5-11,14,17,19,21-23H,12-13H2,1-4H3,(H2,32,35)(H,34,38)/t17-,19?,21?,22+,23+/m0/s1. The first-order chi connectivity index (χ1) is 18.2. The number of nitrogens with one attached hydrogen (secondary N) is 1. The Hall–Kier alpha value is -3.63. The van der Waals surface area contributed by atoms with Crippen LogP contribution in [0.3, 0.4) is 0 Å². The third-order valence-corrected chi connectivity index (χ3v) is 8.05. The average molecular weight is 544 g/mol. The minimum Gasteiger partial charge on any atom is -0.480 e. The van der Waals surface area contributed by atoms with Gasteiger partial charge in [-0.15, -0.1) is 0 Å². The number of nitrogens with zero attached hydrogens (tertiary/aromatic N) is 3. The Balaban J connectivity index is 1.46. The van der Waals surface area contributed by atoms with Crippen LogP contribution in [0.25, 0.3) is 0 Å². The maximum Gasteiger partial charge on any atom is 0.425 e. The lowest BCUT2D eigenvalue weighted by molar-refractivity contribution is -0.201. The Morgan fingerprint density at radius 1 is 1.18 bits per heavy atom. The van der Waals surface area contributed by atoms with Gasteiger partial charge in [-0.05, 0) is 37.0 Å². The van der Waals surface area contributed by atoms with Crippen LogP contribution in [0.2, 0.25) is 0 Å². The van der Waals surface area contributed by atoms with E-state index in [9.17, 15) is 22.8 Å². The molecule has 5 atom stereocenters. The van der Waals surface area contributed by atoms with Crippen molar-refractivity contribution >= 4 is 17.8 Å². The Morgan fingerprint density at radius 3 is 2.54 bits per heavy atom. The van der Waals surface area contributed by atoms with Crippen molar-refractivity contribution in [3.8, 4) is 5.75 Å². The first-order valence-corrected chi connectivity index (χ1v) is 12.9. The summed E-state index contributed by atoms with van der Waals surface area (Å²) in [6.45, 7) is 7.47. The molecule has 11 heteroatoms. The number of amides is 2. The summed E-state index contributed by atoms with van der Waals surface area (Å²) in [7, 11) is 0. The number of guanidine groups is 1. The fraction of sp³-hybridized carbons (Fsp3) is 0.500. The van der Waals surface area contributed by atoms with Crippen LogP contribution in [0.15, 0.2) is 53.8 Å². The smallest absolute Gasteiger partial charge is 0.425 e. The predicted molar refractivity (Wildman–Crippen MR) is 137 cm³/mol. The van der Waals surface area contributed by atoms with Crippen LogP contribution >= 0.6 is 0 Å². The number of halogens is 3. The van der Waals surface area contributed by atoms with E-state index >= 15 is 0 Å². The summed E-state index contributed by atoms with van der Waals surface area (Å²) < 4.78 is 46.1. The fourth-order valence-electron chi connectivity index (χ4n) is 6.14. The second-order valence-electron chi connectivity index (χ2n) is 11.8. The van der Waals surface area contributed by atoms with E-state index in [4.69, 9.17) is 10.5 Å². The number of hydrogen-bond acceptors (Lipinski definition) is 6. The van der Waals surface area contributed by atoms with Gasteiger partial charge in [0.25, 0.3) is 0 Å². The van der Waals surface area contributed by atoms with Crippen LogP contribution in [-0.2, 0) is 9.59 Å². The summed E-state index contributed by atoms with van der Waals surface area (Å²) >= 11 is 0. The minimum absolute atomic E-state index is 0.0679. The maximum absolute atomic E-state index is 13.7. The molecule has 0 spiro atoms. The highest BCUT2D eigenvalue weighted by molar-refractivity contribution is 5.99. The lowest BCUT2D eigenvalue weighted by atomic mass is 9.93. The quantitative estimate of drug-likeness (QED) is 0.585. The molecule has 5 rings (SSSR count). The summed E-state index contributed by atoms with van der Waals surface area (Å²) in [6, 6.07) is 8.49. The van der Waals surface area contributed by atoms with Crippen molar-refractivity contribution in [3.63, 3.8) is 0 Å². The zero-order valence-electron chi connectivity index (χ0n) is 22.2. The van der Waals surface area contributed by atoms with Crippen LogP contribution in [0.5, 0.6) is 5.75 Å². The van der Waals surface area contributed by atoms with Crippen molar-refractivity contribution in [2.24, 2.45) is 28.0 Å². The fourth-order valence-corrected chi connectivity index (χ4v) is 6.14. The van der Waals surface area contributed by atoms with Gasteiger partial charge in [0.05, 0.1) is 24.0 Å². The highest BCUT2D eigenvalue weighted by Gasteiger charge is 2.67. The number of carbonyl (C=O) groups excluding carboxylic acids is 2. The summed E-state index contributed by atoms with van der Waals surface area (Å²) in [5.74, 6) is -1.41. The molecule has 39 heavy (non-hydrogen) atoms. The second kappa shape index (κ2) is 9.24. The van der Waals surface area contributed by atoms with E-state index in [0.717, 1.165) is 0 Å². The maximum atomic E-state index is 13.7. The molecular formula is C28H32F3N5O3. The zero-order valence-corrected chi connectivity index (χ0v) is 22.2. The number of fused-ring (bicyclic) bond motifs is 1. The van der Waals surface area contributed by atoms with Gasteiger partial charge in [0.2, 0.25) is 11.8 Å². The lowest BCUT2D eigenvalue weighted by Crippen LogP contribution is -2.52. The third-order valence-electron chi connectivity index (χ3n) is 8.05. The van der Waals surface area contributed by atoms with E-state index < -0.39 is 47.7 Å². The number of benzene rings is 1. The van der Waals surface area contributed by atoms with Gasteiger partial charge < -0.3 is 15.8 Å². The van der Waals surface area contributed by atoms with Crippen molar-refractivity contribution in [3.05, 3.63) is 59.9 Å². The number of aliphatic imine (C=N–C) groups is 1. The predicted octanol–water partition coefficient (Wildman–Crippen LogP) is 4.29. The molecular weight excluding hydrogens is 511 g/mol. The van der Waals surface area contributed by atoms with E-state index in [-0.39, 0.29) is 35.9 Å². The van der Waals surface area contributed by atoms with Gasteiger partial charge in [0, 0.05) is 36.2 Å². The highest BCUT2D eigenvalue weighted by Crippen LogP contribution is 2.65. The van der Waals surface area contributed by atoms with Gasteiger partial charge in [-0.1, -0.05) is 38.1 Å². The number of rotatable bonds is 5. The number of carbonyl (C=O) groups is 2.